The predicted molar refractivity (Wildman–Crippen MR) is 98.1 cm³/mol. The smallest absolute Gasteiger partial charge is 0.262 e. The number of benzene rings is 2. The maximum Gasteiger partial charge on any atom is 0.262 e. The molecule has 1 aliphatic heterocycles. The van der Waals surface area contributed by atoms with E-state index >= 15 is 0 Å². The van der Waals surface area contributed by atoms with E-state index in [-0.39, 0.29) is 10.8 Å². The van der Waals surface area contributed by atoms with E-state index in [1.54, 1.807) is 42.2 Å². The van der Waals surface area contributed by atoms with Crippen molar-refractivity contribution < 1.29 is 13.2 Å². The number of hydrogen-bond donors (Lipinski definition) is 1. The van der Waals surface area contributed by atoms with Crippen molar-refractivity contribution in [1.29, 1.82) is 0 Å². The minimum absolute atomic E-state index is 0.139. The number of rotatable bonds is 5. The van der Waals surface area contributed by atoms with Crippen LogP contribution in [0.15, 0.2) is 47.4 Å². The number of nitrogens with zero attached hydrogens (tertiary/aromatic N) is 1. The van der Waals surface area contributed by atoms with Crippen molar-refractivity contribution in [2.45, 2.75) is 31.2 Å². The molecule has 0 unspecified atom stereocenters. The molecule has 0 bridgehead atoms. The molecule has 1 fully saturated rings. The number of sulfonamides is 1. The topological polar surface area (TPSA) is 66.5 Å². The lowest BCUT2D eigenvalue weighted by Gasteiger charge is -2.16. The van der Waals surface area contributed by atoms with Crippen LogP contribution >= 0.6 is 11.6 Å². The van der Waals surface area contributed by atoms with Gasteiger partial charge in [-0.05, 0) is 48.7 Å². The van der Waals surface area contributed by atoms with Crippen LogP contribution in [0.25, 0.3) is 0 Å². The zero-order valence-corrected chi connectivity index (χ0v) is 15.4. The van der Waals surface area contributed by atoms with Crippen molar-refractivity contribution in [2.75, 3.05) is 11.3 Å². The lowest BCUT2D eigenvalue weighted by atomic mass is 10.2. The molecule has 5 nitrogen and oxygen atoms in total. The van der Waals surface area contributed by atoms with E-state index in [4.69, 9.17) is 11.6 Å². The van der Waals surface area contributed by atoms with Crippen molar-refractivity contribution in [3.05, 3.63) is 58.6 Å². The van der Waals surface area contributed by atoms with Crippen LogP contribution in [0.1, 0.15) is 24.0 Å². The summed E-state index contributed by atoms with van der Waals surface area (Å²) in [6.07, 6.45) is 1.46. The van der Waals surface area contributed by atoms with Gasteiger partial charge in [-0.25, -0.2) is 8.42 Å². The van der Waals surface area contributed by atoms with Crippen LogP contribution in [-0.4, -0.2) is 25.8 Å². The van der Waals surface area contributed by atoms with Gasteiger partial charge in [0.1, 0.15) is 0 Å². The lowest BCUT2D eigenvalue weighted by molar-refractivity contribution is -0.128. The van der Waals surface area contributed by atoms with Crippen LogP contribution < -0.4 is 4.72 Å². The molecule has 7 heteroatoms. The van der Waals surface area contributed by atoms with E-state index < -0.39 is 10.0 Å². The molecule has 0 spiro atoms. The summed E-state index contributed by atoms with van der Waals surface area (Å²) in [5.41, 5.74) is 1.97. The van der Waals surface area contributed by atoms with E-state index in [1.807, 2.05) is 6.07 Å². The van der Waals surface area contributed by atoms with Gasteiger partial charge >= 0.3 is 0 Å². The lowest BCUT2D eigenvalue weighted by Crippen LogP contribution is -2.23. The highest BCUT2D eigenvalue weighted by Crippen LogP contribution is 2.24. The standard InChI is InChI=1S/C18H19ClN2O3S/c1-13-7-8-15(19)11-17(13)25(23,24)20-16-5-2-4-14(10-16)12-21-9-3-6-18(21)22/h2,4-5,7-8,10-11,20H,3,6,9,12H2,1H3. The summed E-state index contributed by atoms with van der Waals surface area (Å²) < 4.78 is 27.9. The number of amides is 1. The van der Waals surface area contributed by atoms with E-state index in [2.05, 4.69) is 4.72 Å². The zero-order chi connectivity index (χ0) is 18.0. The number of carbonyl (C=O) groups is 1. The molecule has 0 aromatic heterocycles. The highest BCUT2D eigenvalue weighted by Gasteiger charge is 2.21. The largest absolute Gasteiger partial charge is 0.338 e. The Bertz CT molecular complexity index is 912. The molecule has 3 rings (SSSR count). The van der Waals surface area contributed by atoms with Gasteiger partial charge in [-0.3, -0.25) is 9.52 Å². The molecule has 0 atom stereocenters. The second-order valence-corrected chi connectivity index (χ2v) is 8.22. The fourth-order valence-corrected chi connectivity index (χ4v) is 4.46. The molecule has 0 aliphatic carbocycles. The number of anilines is 1. The highest BCUT2D eigenvalue weighted by molar-refractivity contribution is 7.92. The van der Waals surface area contributed by atoms with Crippen molar-refractivity contribution >= 4 is 33.2 Å². The van der Waals surface area contributed by atoms with Gasteiger partial charge in [0.15, 0.2) is 0 Å². The van der Waals surface area contributed by atoms with E-state index in [1.165, 1.54) is 6.07 Å². The van der Waals surface area contributed by atoms with Crippen LogP contribution in [0.5, 0.6) is 0 Å². The van der Waals surface area contributed by atoms with Gasteiger partial charge in [-0.1, -0.05) is 29.8 Å². The van der Waals surface area contributed by atoms with Gasteiger partial charge in [0, 0.05) is 30.2 Å². The molecule has 1 amide bonds. The molecule has 1 N–H and O–H groups in total. The van der Waals surface area contributed by atoms with Gasteiger partial charge in [-0.15, -0.1) is 0 Å². The molecule has 2 aromatic carbocycles. The molecule has 2 aromatic rings. The highest BCUT2D eigenvalue weighted by atomic mass is 35.5. The van der Waals surface area contributed by atoms with E-state index in [0.29, 0.717) is 29.2 Å². The normalized spacial score (nSPS) is 14.8. The first-order valence-electron chi connectivity index (χ1n) is 8.01. The monoisotopic (exact) mass is 378 g/mol. The quantitative estimate of drug-likeness (QED) is 0.864. The van der Waals surface area contributed by atoms with Crippen molar-refractivity contribution in [3.8, 4) is 0 Å². The van der Waals surface area contributed by atoms with Gasteiger partial charge in [0.05, 0.1) is 4.90 Å². The molecule has 132 valence electrons. The summed E-state index contributed by atoms with van der Waals surface area (Å²) in [5, 5.41) is 0.368. The third kappa shape index (κ3) is 4.14. The van der Waals surface area contributed by atoms with E-state index in [9.17, 15) is 13.2 Å². The van der Waals surface area contributed by atoms with Crippen molar-refractivity contribution in [1.82, 2.24) is 4.90 Å². The minimum Gasteiger partial charge on any atom is -0.338 e. The molecule has 0 saturated carbocycles. The summed E-state index contributed by atoms with van der Waals surface area (Å²) >= 11 is 5.93. The molecule has 0 radical (unpaired) electrons. The molecule has 1 aliphatic rings. The SMILES string of the molecule is Cc1ccc(Cl)cc1S(=O)(=O)Nc1cccc(CN2CCCC2=O)c1. The second kappa shape index (κ2) is 7.06. The Morgan fingerprint density at radius 1 is 1.20 bits per heavy atom. The second-order valence-electron chi connectivity index (χ2n) is 6.13. The number of hydrogen-bond acceptors (Lipinski definition) is 3. The maximum absolute atomic E-state index is 12.6. The first-order valence-corrected chi connectivity index (χ1v) is 9.87. The van der Waals surface area contributed by atoms with Gasteiger partial charge < -0.3 is 4.90 Å². The number of likely N-dealkylation sites (tertiary alicyclic amines) is 1. The fourth-order valence-electron chi connectivity index (χ4n) is 2.90. The van der Waals surface area contributed by atoms with Gasteiger partial charge in [0.25, 0.3) is 10.0 Å². The van der Waals surface area contributed by atoms with Crippen molar-refractivity contribution in [3.63, 3.8) is 0 Å². The predicted octanol–water partition coefficient (Wildman–Crippen LogP) is 3.57. The Morgan fingerprint density at radius 2 is 2.00 bits per heavy atom. The minimum atomic E-state index is -3.74. The first-order chi connectivity index (χ1) is 11.8. The fraction of sp³-hybridized carbons (Fsp3) is 0.278. The van der Waals surface area contributed by atoms with Crippen LogP contribution in [0.2, 0.25) is 5.02 Å². The van der Waals surface area contributed by atoms with Gasteiger partial charge in [-0.2, -0.15) is 0 Å². The van der Waals surface area contributed by atoms with Crippen LogP contribution in [-0.2, 0) is 21.4 Å². The first kappa shape index (κ1) is 17.8. The number of nitrogens with one attached hydrogen (secondary N) is 1. The Balaban J connectivity index is 1.81. The van der Waals surface area contributed by atoms with Crippen LogP contribution in [0, 0.1) is 6.92 Å². The number of carbonyl (C=O) groups excluding carboxylic acids is 1. The Kier molecular flexibility index (Phi) is 5.01. The van der Waals surface area contributed by atoms with Crippen LogP contribution in [0.3, 0.4) is 0 Å². The summed E-state index contributed by atoms with van der Waals surface area (Å²) in [6.45, 7) is 2.96. The molecule has 1 heterocycles. The Morgan fingerprint density at radius 3 is 2.72 bits per heavy atom. The third-order valence-electron chi connectivity index (χ3n) is 4.16. The average molecular weight is 379 g/mol. The van der Waals surface area contributed by atoms with E-state index in [0.717, 1.165) is 18.5 Å². The summed E-state index contributed by atoms with van der Waals surface area (Å²) in [7, 11) is -3.74. The Labute approximate surface area is 152 Å². The molecule has 1 saturated heterocycles. The average Bonchev–Trinajstić information content (AvgIpc) is 2.94. The summed E-state index contributed by atoms with van der Waals surface area (Å²) in [4.78, 5) is 13.7. The number of halogens is 1. The molecule has 25 heavy (non-hydrogen) atoms. The van der Waals surface area contributed by atoms with Crippen molar-refractivity contribution in [2.24, 2.45) is 0 Å². The Hall–Kier alpha value is -2.05. The summed E-state index contributed by atoms with van der Waals surface area (Å²) in [5.74, 6) is 0.139. The maximum atomic E-state index is 12.6. The van der Waals surface area contributed by atoms with Gasteiger partial charge in [0.2, 0.25) is 5.91 Å². The molecular formula is C18H19ClN2O3S. The van der Waals surface area contributed by atoms with Crippen LogP contribution in [0.4, 0.5) is 5.69 Å². The third-order valence-corrected chi connectivity index (χ3v) is 5.92. The number of aryl methyl sites for hydroxylation is 1. The summed E-state index contributed by atoms with van der Waals surface area (Å²) in [6, 6.07) is 11.9. The molecular weight excluding hydrogens is 360 g/mol. The zero-order valence-electron chi connectivity index (χ0n) is 13.8.